The number of nitrogens with zero attached hydrogens (tertiary/aromatic N) is 5. The first-order valence-corrected chi connectivity index (χ1v) is 7.88. The Kier molecular flexibility index (Phi) is 4.31. The van der Waals surface area contributed by atoms with Gasteiger partial charge in [0.1, 0.15) is 5.76 Å². The molecule has 1 fully saturated rings. The van der Waals surface area contributed by atoms with Crippen molar-refractivity contribution < 1.29 is 4.52 Å². The fourth-order valence-electron chi connectivity index (χ4n) is 3.19. The van der Waals surface area contributed by atoms with Crippen LogP contribution < -0.4 is 0 Å². The zero-order valence-electron chi connectivity index (χ0n) is 13.9. The molecule has 1 atom stereocenters. The standard InChI is InChI=1S/C16H25N5O/c1-12-8-20(11-16-13(2)18-22-14(16)3)5-6-21(12)10-15-7-17-19(4)9-15/h7,9,12H,5-6,8,10-11H2,1-4H3. The van der Waals surface area contributed by atoms with Gasteiger partial charge in [-0.3, -0.25) is 14.5 Å². The fraction of sp³-hybridized carbons (Fsp3) is 0.625. The van der Waals surface area contributed by atoms with Crippen LogP contribution in [0.15, 0.2) is 16.9 Å². The van der Waals surface area contributed by atoms with E-state index in [0.717, 1.165) is 44.2 Å². The van der Waals surface area contributed by atoms with Crippen molar-refractivity contribution in [3.8, 4) is 0 Å². The average molecular weight is 303 g/mol. The molecular weight excluding hydrogens is 278 g/mol. The van der Waals surface area contributed by atoms with Crippen molar-refractivity contribution in [1.82, 2.24) is 24.7 Å². The van der Waals surface area contributed by atoms with Crippen LogP contribution in [0.2, 0.25) is 0 Å². The van der Waals surface area contributed by atoms with Crippen LogP contribution in [0.25, 0.3) is 0 Å². The maximum absolute atomic E-state index is 5.27. The van der Waals surface area contributed by atoms with E-state index in [2.05, 4.69) is 33.2 Å². The van der Waals surface area contributed by atoms with Crippen LogP contribution in [0.3, 0.4) is 0 Å². The maximum atomic E-state index is 5.27. The summed E-state index contributed by atoms with van der Waals surface area (Å²) in [7, 11) is 1.97. The Balaban J connectivity index is 1.58. The van der Waals surface area contributed by atoms with Gasteiger partial charge in [-0.2, -0.15) is 5.10 Å². The highest BCUT2D eigenvalue weighted by Crippen LogP contribution is 2.19. The molecule has 3 heterocycles. The van der Waals surface area contributed by atoms with Gasteiger partial charge in [-0.25, -0.2) is 0 Å². The first-order chi connectivity index (χ1) is 10.5. The van der Waals surface area contributed by atoms with Crippen molar-refractivity contribution in [3.05, 3.63) is 35.0 Å². The van der Waals surface area contributed by atoms with Crippen LogP contribution >= 0.6 is 0 Å². The summed E-state index contributed by atoms with van der Waals surface area (Å²) in [6, 6.07) is 0.537. The molecule has 0 aliphatic carbocycles. The molecule has 2 aromatic heterocycles. The number of rotatable bonds is 4. The number of aromatic nitrogens is 3. The minimum Gasteiger partial charge on any atom is -0.361 e. The lowest BCUT2D eigenvalue weighted by Gasteiger charge is -2.39. The third-order valence-electron chi connectivity index (χ3n) is 4.56. The van der Waals surface area contributed by atoms with Crippen molar-refractivity contribution in [2.45, 2.75) is 39.9 Å². The molecule has 1 aliphatic heterocycles. The summed E-state index contributed by atoms with van der Waals surface area (Å²) in [5.41, 5.74) is 3.55. The van der Waals surface area contributed by atoms with Gasteiger partial charge in [0.25, 0.3) is 0 Å². The molecule has 1 unspecified atom stereocenters. The third-order valence-corrected chi connectivity index (χ3v) is 4.56. The summed E-state index contributed by atoms with van der Waals surface area (Å²) in [5.74, 6) is 0.947. The fourth-order valence-corrected chi connectivity index (χ4v) is 3.19. The SMILES string of the molecule is Cc1noc(C)c1CN1CCN(Cc2cnn(C)c2)C(C)C1. The van der Waals surface area contributed by atoms with Crippen LogP contribution in [0, 0.1) is 13.8 Å². The zero-order chi connectivity index (χ0) is 15.7. The lowest BCUT2D eigenvalue weighted by atomic mass is 10.1. The van der Waals surface area contributed by atoms with E-state index in [9.17, 15) is 0 Å². The normalized spacial score (nSPS) is 20.6. The molecule has 22 heavy (non-hydrogen) atoms. The molecule has 120 valence electrons. The van der Waals surface area contributed by atoms with Gasteiger partial charge in [-0.15, -0.1) is 0 Å². The van der Waals surface area contributed by atoms with Gasteiger partial charge in [-0.1, -0.05) is 5.16 Å². The van der Waals surface area contributed by atoms with Gasteiger partial charge >= 0.3 is 0 Å². The van der Waals surface area contributed by atoms with Crippen LogP contribution in [-0.2, 0) is 20.1 Å². The maximum Gasteiger partial charge on any atom is 0.138 e. The van der Waals surface area contributed by atoms with Gasteiger partial charge in [0, 0.05) is 63.1 Å². The second kappa shape index (κ2) is 6.22. The quantitative estimate of drug-likeness (QED) is 0.861. The molecule has 6 nitrogen and oxygen atoms in total. The monoisotopic (exact) mass is 303 g/mol. The second-order valence-electron chi connectivity index (χ2n) is 6.38. The highest BCUT2D eigenvalue weighted by molar-refractivity contribution is 5.20. The third kappa shape index (κ3) is 3.23. The van der Waals surface area contributed by atoms with E-state index in [1.165, 1.54) is 11.1 Å². The topological polar surface area (TPSA) is 50.3 Å². The van der Waals surface area contributed by atoms with E-state index in [-0.39, 0.29) is 0 Å². The number of piperazine rings is 1. The first kappa shape index (κ1) is 15.2. The Labute approximate surface area is 131 Å². The molecule has 6 heteroatoms. The Bertz CT molecular complexity index is 613. The van der Waals surface area contributed by atoms with Crippen molar-refractivity contribution in [1.29, 1.82) is 0 Å². The van der Waals surface area contributed by atoms with E-state index in [4.69, 9.17) is 4.52 Å². The van der Waals surface area contributed by atoms with E-state index in [1.54, 1.807) is 0 Å². The minimum atomic E-state index is 0.537. The highest BCUT2D eigenvalue weighted by atomic mass is 16.5. The molecule has 1 saturated heterocycles. The molecule has 1 aliphatic rings. The van der Waals surface area contributed by atoms with Crippen LogP contribution in [0.5, 0.6) is 0 Å². The molecular formula is C16H25N5O. The Morgan fingerprint density at radius 2 is 2.09 bits per heavy atom. The Morgan fingerprint density at radius 3 is 2.68 bits per heavy atom. The van der Waals surface area contributed by atoms with Crippen LogP contribution in [-0.4, -0.2) is 50.4 Å². The molecule has 0 bridgehead atoms. The first-order valence-electron chi connectivity index (χ1n) is 7.88. The lowest BCUT2D eigenvalue weighted by molar-refractivity contribution is 0.0729. The van der Waals surface area contributed by atoms with E-state index < -0.39 is 0 Å². The number of hydrogen-bond acceptors (Lipinski definition) is 5. The van der Waals surface area contributed by atoms with Crippen molar-refractivity contribution in [3.63, 3.8) is 0 Å². The summed E-state index contributed by atoms with van der Waals surface area (Å²) in [5, 5.41) is 8.31. The zero-order valence-corrected chi connectivity index (χ0v) is 13.9. The van der Waals surface area contributed by atoms with Crippen LogP contribution in [0.1, 0.15) is 29.5 Å². The summed E-state index contributed by atoms with van der Waals surface area (Å²) in [4.78, 5) is 5.03. The predicted octanol–water partition coefficient (Wildman–Crippen LogP) is 1.73. The van der Waals surface area contributed by atoms with Gasteiger partial charge in [-0.05, 0) is 20.8 Å². The molecule has 0 saturated carbocycles. The smallest absolute Gasteiger partial charge is 0.138 e. The molecule has 0 N–H and O–H groups in total. The molecule has 3 rings (SSSR count). The van der Waals surface area contributed by atoms with Gasteiger partial charge < -0.3 is 4.52 Å². The summed E-state index contributed by atoms with van der Waals surface area (Å²) >= 11 is 0. The summed E-state index contributed by atoms with van der Waals surface area (Å²) < 4.78 is 7.14. The van der Waals surface area contributed by atoms with Crippen molar-refractivity contribution >= 4 is 0 Å². The number of aryl methyl sites for hydroxylation is 3. The van der Waals surface area contributed by atoms with E-state index >= 15 is 0 Å². The summed E-state index contributed by atoms with van der Waals surface area (Å²) in [6.07, 6.45) is 4.06. The molecule has 0 spiro atoms. The second-order valence-corrected chi connectivity index (χ2v) is 6.38. The van der Waals surface area contributed by atoms with Gasteiger partial charge in [0.05, 0.1) is 11.9 Å². The molecule has 0 radical (unpaired) electrons. The van der Waals surface area contributed by atoms with Crippen LogP contribution in [0.4, 0.5) is 0 Å². The van der Waals surface area contributed by atoms with Crippen molar-refractivity contribution in [2.75, 3.05) is 19.6 Å². The highest BCUT2D eigenvalue weighted by Gasteiger charge is 2.25. The Hall–Kier alpha value is -1.66. The van der Waals surface area contributed by atoms with E-state index in [0.29, 0.717) is 6.04 Å². The molecule has 0 amide bonds. The van der Waals surface area contributed by atoms with Crippen molar-refractivity contribution in [2.24, 2.45) is 7.05 Å². The Morgan fingerprint density at radius 1 is 1.27 bits per heavy atom. The average Bonchev–Trinajstić information content (AvgIpc) is 3.02. The largest absolute Gasteiger partial charge is 0.361 e. The van der Waals surface area contributed by atoms with E-state index in [1.807, 2.05) is 31.8 Å². The van der Waals surface area contributed by atoms with Gasteiger partial charge in [0.2, 0.25) is 0 Å². The molecule has 2 aromatic rings. The van der Waals surface area contributed by atoms with Gasteiger partial charge in [0.15, 0.2) is 0 Å². The number of hydrogen-bond donors (Lipinski definition) is 0. The lowest BCUT2D eigenvalue weighted by Crippen LogP contribution is -2.50. The predicted molar refractivity (Wildman–Crippen MR) is 84.3 cm³/mol. The summed E-state index contributed by atoms with van der Waals surface area (Å²) in [6.45, 7) is 11.5. The molecule has 0 aromatic carbocycles. The minimum absolute atomic E-state index is 0.537.